The van der Waals surface area contributed by atoms with Crippen molar-refractivity contribution < 1.29 is 9.47 Å². The zero-order valence-electron chi connectivity index (χ0n) is 13.3. The van der Waals surface area contributed by atoms with Crippen LogP contribution >= 0.6 is 0 Å². The van der Waals surface area contributed by atoms with Gasteiger partial charge in [0, 0.05) is 25.7 Å². The van der Waals surface area contributed by atoms with E-state index in [1.165, 1.54) is 32.1 Å². The largest absolute Gasteiger partial charge is 0.466 e. The molecule has 1 saturated carbocycles. The molecule has 1 aliphatic heterocycles. The molecule has 0 amide bonds. The van der Waals surface area contributed by atoms with Crippen molar-refractivity contribution in [3.8, 4) is 5.75 Å². The molecule has 2 aliphatic rings. The Kier molecular flexibility index (Phi) is 5.90. The number of rotatable bonds is 5. The fourth-order valence-electron chi connectivity index (χ4n) is 3.19. The zero-order chi connectivity index (χ0) is 15.0. The molecular formula is C17H27N3O2. The number of aromatic nitrogens is 1. The number of pyridine rings is 1. The minimum absolute atomic E-state index is 0.331. The first kappa shape index (κ1) is 15.6. The highest BCUT2D eigenvalue weighted by Crippen LogP contribution is 2.22. The molecule has 0 radical (unpaired) electrons. The van der Waals surface area contributed by atoms with E-state index in [4.69, 9.17) is 9.47 Å². The Labute approximate surface area is 133 Å². The van der Waals surface area contributed by atoms with Crippen LogP contribution in [0.4, 0.5) is 5.69 Å². The van der Waals surface area contributed by atoms with Gasteiger partial charge >= 0.3 is 0 Å². The maximum Gasteiger partial charge on any atom is 0.189 e. The summed E-state index contributed by atoms with van der Waals surface area (Å²) in [5.74, 6) is 0.797. The molecule has 22 heavy (non-hydrogen) atoms. The summed E-state index contributed by atoms with van der Waals surface area (Å²) in [4.78, 5) is 6.68. The number of anilines is 1. The van der Waals surface area contributed by atoms with E-state index in [-0.39, 0.29) is 0 Å². The first-order chi connectivity index (χ1) is 10.9. The number of ether oxygens (including phenoxy) is 2. The molecule has 0 spiro atoms. The molecule has 1 aromatic rings. The van der Waals surface area contributed by atoms with Crippen LogP contribution in [0.5, 0.6) is 5.75 Å². The monoisotopic (exact) mass is 305 g/mol. The van der Waals surface area contributed by atoms with E-state index in [1.807, 2.05) is 6.20 Å². The third kappa shape index (κ3) is 4.58. The van der Waals surface area contributed by atoms with Crippen LogP contribution in [0.25, 0.3) is 0 Å². The topological polar surface area (TPSA) is 46.6 Å². The zero-order valence-corrected chi connectivity index (χ0v) is 13.3. The molecule has 2 heterocycles. The molecule has 3 rings (SSSR count). The molecular weight excluding hydrogens is 278 g/mol. The van der Waals surface area contributed by atoms with Gasteiger partial charge in [-0.1, -0.05) is 19.3 Å². The molecule has 2 fully saturated rings. The molecule has 1 aliphatic carbocycles. The first-order valence-electron chi connectivity index (χ1n) is 8.57. The summed E-state index contributed by atoms with van der Waals surface area (Å²) in [5.41, 5.74) is 1.14. The molecule has 0 aromatic carbocycles. The van der Waals surface area contributed by atoms with Crippen LogP contribution in [0, 0.1) is 0 Å². The van der Waals surface area contributed by atoms with Crippen LogP contribution in [0.2, 0.25) is 0 Å². The van der Waals surface area contributed by atoms with Crippen molar-refractivity contribution in [2.24, 2.45) is 0 Å². The lowest BCUT2D eigenvalue weighted by molar-refractivity contribution is -0.0497. The van der Waals surface area contributed by atoms with Crippen molar-refractivity contribution in [3.63, 3.8) is 0 Å². The van der Waals surface area contributed by atoms with Gasteiger partial charge in [0.05, 0.1) is 24.2 Å². The second-order valence-corrected chi connectivity index (χ2v) is 6.16. The van der Waals surface area contributed by atoms with Gasteiger partial charge in [-0.05, 0) is 25.8 Å². The van der Waals surface area contributed by atoms with E-state index >= 15 is 0 Å². The third-order valence-electron chi connectivity index (χ3n) is 4.49. The summed E-state index contributed by atoms with van der Waals surface area (Å²) in [5, 5.41) is 3.42. The molecule has 1 saturated heterocycles. The number of nitrogens with zero attached hydrogens (tertiary/aromatic N) is 2. The lowest BCUT2D eigenvalue weighted by Gasteiger charge is -2.23. The summed E-state index contributed by atoms with van der Waals surface area (Å²) in [6, 6.07) is 2.07. The summed E-state index contributed by atoms with van der Waals surface area (Å²) in [7, 11) is 0. The van der Waals surface area contributed by atoms with Crippen LogP contribution in [0.1, 0.15) is 38.5 Å². The number of hydrogen-bond acceptors (Lipinski definition) is 5. The molecule has 122 valence electrons. The fraction of sp³-hybridized carbons (Fsp3) is 0.706. The summed E-state index contributed by atoms with van der Waals surface area (Å²) in [6.07, 6.45) is 11.5. The Bertz CT molecular complexity index is 441. The van der Waals surface area contributed by atoms with E-state index in [1.54, 1.807) is 6.20 Å². The Balaban J connectivity index is 1.49. The van der Waals surface area contributed by atoms with E-state index in [0.29, 0.717) is 12.9 Å². The van der Waals surface area contributed by atoms with Crippen LogP contribution in [-0.4, -0.2) is 44.1 Å². The molecule has 1 aromatic heterocycles. The molecule has 5 heteroatoms. The molecule has 0 bridgehead atoms. The Hall–Kier alpha value is -1.33. The highest BCUT2D eigenvalue weighted by Gasteiger charge is 2.14. The lowest BCUT2D eigenvalue weighted by atomic mass is 9.98. The highest BCUT2D eigenvalue weighted by atomic mass is 16.7. The highest BCUT2D eigenvalue weighted by molar-refractivity contribution is 5.48. The van der Waals surface area contributed by atoms with Crippen molar-refractivity contribution in [2.45, 2.75) is 44.6 Å². The first-order valence-corrected chi connectivity index (χ1v) is 8.57. The van der Waals surface area contributed by atoms with Crippen LogP contribution in [0.15, 0.2) is 18.5 Å². The predicted octanol–water partition coefficient (Wildman–Crippen LogP) is 2.57. The van der Waals surface area contributed by atoms with Gasteiger partial charge in [0.1, 0.15) is 5.75 Å². The van der Waals surface area contributed by atoms with Crippen molar-refractivity contribution in [3.05, 3.63) is 18.5 Å². The van der Waals surface area contributed by atoms with Gasteiger partial charge in [0.25, 0.3) is 0 Å². The average Bonchev–Trinajstić information content (AvgIpc) is 2.85. The standard InChI is InChI=1S/C17H27N3O2/c1-2-5-16(6-3-1)21-14-22-17-11-15(12-19-13-17)20-9-4-7-18-8-10-20/h11-13,16,18H,1-10,14H2. The van der Waals surface area contributed by atoms with Gasteiger partial charge in [0.15, 0.2) is 6.79 Å². The fourth-order valence-corrected chi connectivity index (χ4v) is 3.19. The molecule has 0 unspecified atom stereocenters. The smallest absolute Gasteiger partial charge is 0.189 e. The van der Waals surface area contributed by atoms with Crippen LogP contribution < -0.4 is 15.0 Å². The van der Waals surface area contributed by atoms with Gasteiger partial charge in [0.2, 0.25) is 0 Å². The number of nitrogens with one attached hydrogen (secondary N) is 1. The normalized spacial score (nSPS) is 20.6. The van der Waals surface area contributed by atoms with E-state index in [9.17, 15) is 0 Å². The van der Waals surface area contributed by atoms with E-state index < -0.39 is 0 Å². The van der Waals surface area contributed by atoms with Gasteiger partial charge in [-0.3, -0.25) is 4.98 Å². The van der Waals surface area contributed by atoms with Crippen LogP contribution in [0.3, 0.4) is 0 Å². The number of hydrogen-bond donors (Lipinski definition) is 1. The van der Waals surface area contributed by atoms with Gasteiger partial charge in [-0.15, -0.1) is 0 Å². The maximum absolute atomic E-state index is 5.82. The minimum atomic E-state index is 0.331. The summed E-state index contributed by atoms with van der Waals surface area (Å²) < 4.78 is 11.6. The average molecular weight is 305 g/mol. The predicted molar refractivity (Wildman–Crippen MR) is 87.4 cm³/mol. The van der Waals surface area contributed by atoms with E-state index in [0.717, 1.165) is 44.0 Å². The van der Waals surface area contributed by atoms with Gasteiger partial charge in [-0.2, -0.15) is 0 Å². The second kappa shape index (κ2) is 8.34. The van der Waals surface area contributed by atoms with Gasteiger partial charge < -0.3 is 19.7 Å². The summed E-state index contributed by atoms with van der Waals surface area (Å²) >= 11 is 0. The quantitative estimate of drug-likeness (QED) is 0.847. The Morgan fingerprint density at radius 1 is 1.09 bits per heavy atom. The minimum Gasteiger partial charge on any atom is -0.466 e. The summed E-state index contributed by atoms with van der Waals surface area (Å²) in [6.45, 7) is 4.53. The SMILES string of the molecule is c1ncc(N2CCCNCC2)cc1OCOC1CCCCC1. The molecule has 5 nitrogen and oxygen atoms in total. The second-order valence-electron chi connectivity index (χ2n) is 6.16. The third-order valence-corrected chi connectivity index (χ3v) is 4.49. The Morgan fingerprint density at radius 3 is 2.91 bits per heavy atom. The maximum atomic E-state index is 5.82. The van der Waals surface area contributed by atoms with Crippen molar-refractivity contribution >= 4 is 5.69 Å². The van der Waals surface area contributed by atoms with Crippen molar-refractivity contribution in [2.75, 3.05) is 37.9 Å². The van der Waals surface area contributed by atoms with E-state index in [2.05, 4.69) is 21.3 Å². The molecule has 0 atom stereocenters. The Morgan fingerprint density at radius 2 is 2.00 bits per heavy atom. The van der Waals surface area contributed by atoms with Gasteiger partial charge in [-0.25, -0.2) is 0 Å². The lowest BCUT2D eigenvalue weighted by Crippen LogP contribution is -2.27. The van der Waals surface area contributed by atoms with Crippen molar-refractivity contribution in [1.29, 1.82) is 0 Å². The van der Waals surface area contributed by atoms with Crippen LogP contribution in [-0.2, 0) is 4.74 Å². The molecule has 1 N–H and O–H groups in total. The van der Waals surface area contributed by atoms with Crippen molar-refractivity contribution in [1.82, 2.24) is 10.3 Å².